The molecular formula is C10H7FN2O2S. The van der Waals surface area contributed by atoms with Crippen LogP contribution in [-0.4, -0.2) is 22.7 Å². The number of halogens is 1. The number of hydrogen-bond acceptors (Lipinski definition) is 5. The Kier molecular flexibility index (Phi) is 2.91. The molecule has 0 saturated heterocycles. The lowest BCUT2D eigenvalue weighted by Gasteiger charge is -1.99. The van der Waals surface area contributed by atoms with Gasteiger partial charge >= 0.3 is 5.97 Å². The quantitative estimate of drug-likeness (QED) is 0.752. The predicted molar refractivity (Wildman–Crippen MR) is 56.6 cm³/mol. The van der Waals surface area contributed by atoms with Gasteiger partial charge in [-0.3, -0.25) is 0 Å². The third-order valence-electron chi connectivity index (χ3n) is 1.98. The zero-order chi connectivity index (χ0) is 11.5. The molecule has 0 aliphatic carbocycles. The van der Waals surface area contributed by atoms with Gasteiger partial charge in [0.1, 0.15) is 11.5 Å². The van der Waals surface area contributed by atoms with E-state index in [4.69, 9.17) is 0 Å². The minimum atomic E-state index is -0.491. The Morgan fingerprint density at radius 2 is 2.06 bits per heavy atom. The Morgan fingerprint density at radius 3 is 2.69 bits per heavy atom. The first-order chi connectivity index (χ1) is 7.72. The van der Waals surface area contributed by atoms with Crippen LogP contribution in [0.4, 0.5) is 4.39 Å². The molecule has 1 aromatic heterocycles. The molecule has 0 atom stereocenters. The minimum absolute atomic E-state index is 0.314. The Labute approximate surface area is 94.8 Å². The summed E-state index contributed by atoms with van der Waals surface area (Å²) >= 11 is 0.952. The lowest BCUT2D eigenvalue weighted by molar-refractivity contribution is 0.0607. The lowest BCUT2D eigenvalue weighted by atomic mass is 10.1. The van der Waals surface area contributed by atoms with E-state index in [0.717, 1.165) is 11.5 Å². The standard InChI is InChI=1S/C10H7FN2O2S/c1-15-10(14)9-8(12-13-16-9)6-2-4-7(11)5-3-6/h2-5H,1H3. The van der Waals surface area contributed by atoms with E-state index >= 15 is 0 Å². The van der Waals surface area contributed by atoms with Crippen LogP contribution in [0.5, 0.6) is 0 Å². The van der Waals surface area contributed by atoms with E-state index < -0.39 is 5.97 Å². The highest BCUT2D eigenvalue weighted by atomic mass is 32.1. The minimum Gasteiger partial charge on any atom is -0.465 e. The maximum Gasteiger partial charge on any atom is 0.352 e. The highest BCUT2D eigenvalue weighted by Gasteiger charge is 2.17. The number of nitrogens with zero attached hydrogens (tertiary/aromatic N) is 2. The molecule has 0 unspecified atom stereocenters. The Balaban J connectivity index is 2.44. The number of rotatable bonds is 2. The summed E-state index contributed by atoms with van der Waals surface area (Å²) in [6.07, 6.45) is 0. The van der Waals surface area contributed by atoms with Crippen molar-refractivity contribution in [3.63, 3.8) is 0 Å². The normalized spacial score (nSPS) is 10.1. The molecule has 0 amide bonds. The molecule has 1 heterocycles. The third-order valence-corrected chi connectivity index (χ3v) is 2.68. The van der Waals surface area contributed by atoms with Gasteiger partial charge in [0.05, 0.1) is 7.11 Å². The second-order valence-electron chi connectivity index (χ2n) is 2.95. The van der Waals surface area contributed by atoms with E-state index in [9.17, 15) is 9.18 Å². The average Bonchev–Trinajstić information content (AvgIpc) is 2.78. The summed E-state index contributed by atoms with van der Waals surface area (Å²) in [6.45, 7) is 0. The first-order valence-corrected chi connectivity index (χ1v) is 5.16. The Hall–Kier alpha value is -1.82. The molecule has 0 N–H and O–H groups in total. The maximum absolute atomic E-state index is 12.7. The summed E-state index contributed by atoms with van der Waals surface area (Å²) in [5, 5.41) is 3.83. The van der Waals surface area contributed by atoms with Gasteiger partial charge in [0, 0.05) is 5.56 Å². The molecule has 0 aliphatic heterocycles. The van der Waals surface area contributed by atoms with Crippen molar-refractivity contribution in [1.29, 1.82) is 0 Å². The molecule has 2 aromatic rings. The van der Waals surface area contributed by atoms with Crippen molar-refractivity contribution < 1.29 is 13.9 Å². The molecule has 16 heavy (non-hydrogen) atoms. The van der Waals surface area contributed by atoms with Crippen LogP contribution in [0.2, 0.25) is 0 Å². The Bertz CT molecular complexity index is 510. The van der Waals surface area contributed by atoms with Gasteiger partial charge in [-0.25, -0.2) is 9.18 Å². The number of hydrogen-bond donors (Lipinski definition) is 0. The molecule has 0 radical (unpaired) electrons. The largest absolute Gasteiger partial charge is 0.465 e. The predicted octanol–water partition coefficient (Wildman–Crippen LogP) is 2.13. The molecule has 0 saturated carbocycles. The van der Waals surface area contributed by atoms with Gasteiger partial charge in [-0.2, -0.15) is 0 Å². The fraction of sp³-hybridized carbons (Fsp3) is 0.100. The van der Waals surface area contributed by atoms with Gasteiger partial charge in [-0.15, -0.1) is 5.10 Å². The third kappa shape index (κ3) is 1.92. The van der Waals surface area contributed by atoms with Crippen LogP contribution in [-0.2, 0) is 4.74 Å². The first-order valence-electron chi connectivity index (χ1n) is 4.39. The zero-order valence-electron chi connectivity index (χ0n) is 8.31. The Morgan fingerprint density at radius 1 is 1.38 bits per heavy atom. The van der Waals surface area contributed by atoms with Crippen molar-refractivity contribution in [2.45, 2.75) is 0 Å². The fourth-order valence-corrected chi connectivity index (χ4v) is 1.82. The van der Waals surface area contributed by atoms with Crippen LogP contribution in [0.3, 0.4) is 0 Å². The lowest BCUT2D eigenvalue weighted by Crippen LogP contribution is -2.00. The molecule has 82 valence electrons. The van der Waals surface area contributed by atoms with Gasteiger partial charge in [-0.05, 0) is 35.8 Å². The highest BCUT2D eigenvalue weighted by Crippen LogP contribution is 2.24. The van der Waals surface area contributed by atoms with Gasteiger partial charge in [0.25, 0.3) is 0 Å². The van der Waals surface area contributed by atoms with E-state index in [1.54, 1.807) is 12.1 Å². The smallest absolute Gasteiger partial charge is 0.352 e. The number of carbonyl (C=O) groups excluding carboxylic acids is 1. The molecule has 1 aromatic carbocycles. The average molecular weight is 238 g/mol. The highest BCUT2D eigenvalue weighted by molar-refractivity contribution is 7.08. The summed E-state index contributed by atoms with van der Waals surface area (Å²) in [7, 11) is 1.29. The van der Waals surface area contributed by atoms with E-state index in [2.05, 4.69) is 14.3 Å². The summed E-state index contributed by atoms with van der Waals surface area (Å²) in [5.74, 6) is -0.833. The number of benzene rings is 1. The monoisotopic (exact) mass is 238 g/mol. The van der Waals surface area contributed by atoms with E-state index in [-0.39, 0.29) is 5.82 Å². The van der Waals surface area contributed by atoms with Gasteiger partial charge in [0.15, 0.2) is 4.88 Å². The van der Waals surface area contributed by atoms with Crippen molar-refractivity contribution in [2.75, 3.05) is 7.11 Å². The van der Waals surface area contributed by atoms with Crippen LogP contribution in [0.25, 0.3) is 11.3 Å². The number of ether oxygens (including phenoxy) is 1. The summed E-state index contributed by atoms with van der Waals surface area (Å²) < 4.78 is 21.0. The van der Waals surface area contributed by atoms with E-state index in [1.807, 2.05) is 0 Å². The molecule has 0 aliphatic rings. The van der Waals surface area contributed by atoms with Gasteiger partial charge < -0.3 is 4.74 Å². The van der Waals surface area contributed by atoms with Crippen molar-refractivity contribution in [1.82, 2.24) is 9.59 Å². The maximum atomic E-state index is 12.7. The molecule has 0 bridgehead atoms. The second kappa shape index (κ2) is 4.36. The molecule has 0 spiro atoms. The van der Waals surface area contributed by atoms with Crippen LogP contribution < -0.4 is 0 Å². The first kappa shape index (κ1) is 10.7. The van der Waals surface area contributed by atoms with Gasteiger partial charge in [-0.1, -0.05) is 4.49 Å². The SMILES string of the molecule is COC(=O)c1snnc1-c1ccc(F)cc1. The summed E-state index contributed by atoms with van der Waals surface area (Å²) in [4.78, 5) is 11.7. The number of carbonyl (C=O) groups is 1. The topological polar surface area (TPSA) is 52.1 Å². The number of esters is 1. The number of aromatic nitrogens is 2. The van der Waals surface area contributed by atoms with Crippen molar-refractivity contribution in [3.05, 3.63) is 35.0 Å². The molecule has 0 fully saturated rings. The molecule has 2 rings (SSSR count). The van der Waals surface area contributed by atoms with Crippen molar-refractivity contribution in [2.24, 2.45) is 0 Å². The van der Waals surface area contributed by atoms with Crippen LogP contribution in [0, 0.1) is 5.82 Å². The zero-order valence-corrected chi connectivity index (χ0v) is 9.12. The van der Waals surface area contributed by atoms with Crippen LogP contribution in [0.1, 0.15) is 9.67 Å². The fourth-order valence-electron chi connectivity index (χ4n) is 1.21. The molecule has 6 heteroatoms. The number of methoxy groups -OCH3 is 1. The summed E-state index contributed by atoms with van der Waals surface area (Å²) in [6, 6.07) is 5.68. The second-order valence-corrected chi connectivity index (χ2v) is 3.70. The summed E-state index contributed by atoms with van der Waals surface area (Å²) in [5.41, 5.74) is 1.05. The van der Waals surface area contributed by atoms with Gasteiger partial charge in [0.2, 0.25) is 0 Å². The van der Waals surface area contributed by atoms with E-state index in [1.165, 1.54) is 19.2 Å². The van der Waals surface area contributed by atoms with Crippen molar-refractivity contribution >= 4 is 17.5 Å². The van der Waals surface area contributed by atoms with Crippen molar-refractivity contribution in [3.8, 4) is 11.3 Å². The van der Waals surface area contributed by atoms with E-state index in [0.29, 0.717) is 16.1 Å². The van der Waals surface area contributed by atoms with Crippen LogP contribution >= 0.6 is 11.5 Å². The molecule has 4 nitrogen and oxygen atoms in total. The van der Waals surface area contributed by atoms with Crippen LogP contribution in [0.15, 0.2) is 24.3 Å². The molecular weight excluding hydrogens is 231 g/mol.